The van der Waals surface area contributed by atoms with E-state index < -0.39 is 0 Å². The van der Waals surface area contributed by atoms with E-state index in [0.717, 1.165) is 0 Å². The zero-order valence-corrected chi connectivity index (χ0v) is 10.7. The molecular formula is C13H17N3O3. The third-order valence-corrected chi connectivity index (χ3v) is 2.89. The second-order valence-corrected chi connectivity index (χ2v) is 4.20. The van der Waals surface area contributed by atoms with Crippen LogP contribution in [0.25, 0.3) is 0 Å². The van der Waals surface area contributed by atoms with Crippen LogP contribution in [0, 0.1) is 0 Å². The fourth-order valence-electron chi connectivity index (χ4n) is 1.88. The van der Waals surface area contributed by atoms with Crippen LogP contribution < -0.4 is 16.0 Å². The van der Waals surface area contributed by atoms with Crippen molar-refractivity contribution < 1.29 is 14.3 Å². The van der Waals surface area contributed by atoms with Crippen LogP contribution in [0.4, 0.5) is 5.69 Å². The summed E-state index contributed by atoms with van der Waals surface area (Å²) in [5, 5.41) is 8.36. The number of morpholine rings is 1. The molecule has 1 heterocycles. The minimum Gasteiger partial charge on any atom is -0.378 e. The van der Waals surface area contributed by atoms with Gasteiger partial charge in [0.05, 0.1) is 24.5 Å². The number of amides is 2. The van der Waals surface area contributed by atoms with Crippen molar-refractivity contribution in [3.05, 3.63) is 29.8 Å². The fourth-order valence-corrected chi connectivity index (χ4v) is 1.88. The molecule has 0 aromatic heterocycles. The molecule has 3 N–H and O–H groups in total. The number of anilines is 1. The molecule has 19 heavy (non-hydrogen) atoms. The van der Waals surface area contributed by atoms with Crippen LogP contribution in [0.5, 0.6) is 0 Å². The van der Waals surface area contributed by atoms with Crippen LogP contribution in [-0.2, 0) is 9.53 Å². The Morgan fingerprint density at radius 1 is 1.37 bits per heavy atom. The molecule has 6 nitrogen and oxygen atoms in total. The quantitative estimate of drug-likeness (QED) is 0.715. The summed E-state index contributed by atoms with van der Waals surface area (Å²) in [4.78, 5) is 23.7. The summed E-state index contributed by atoms with van der Waals surface area (Å²) in [7, 11) is 1.55. The number of carbonyl (C=O) groups excluding carboxylic acids is 2. The highest BCUT2D eigenvalue weighted by Crippen LogP contribution is 2.15. The van der Waals surface area contributed by atoms with Gasteiger partial charge in [0.2, 0.25) is 5.91 Å². The van der Waals surface area contributed by atoms with Crippen LogP contribution in [0.3, 0.4) is 0 Å². The molecule has 1 fully saturated rings. The standard InChI is InChI=1S/C13H17N3O3/c1-14-12(17)9-4-2-3-5-10(9)16-13(18)11-8-19-7-6-15-11/h2-5,11,15H,6-8H2,1H3,(H,14,17)(H,16,18). The molecule has 1 aromatic carbocycles. The van der Waals surface area contributed by atoms with Crippen molar-refractivity contribution in [2.24, 2.45) is 0 Å². The molecule has 0 radical (unpaired) electrons. The van der Waals surface area contributed by atoms with Gasteiger partial charge >= 0.3 is 0 Å². The van der Waals surface area contributed by atoms with E-state index in [2.05, 4.69) is 16.0 Å². The number of nitrogens with one attached hydrogen (secondary N) is 3. The van der Waals surface area contributed by atoms with Crippen molar-refractivity contribution >= 4 is 17.5 Å². The lowest BCUT2D eigenvalue weighted by atomic mass is 10.1. The number of ether oxygens (including phenoxy) is 1. The molecule has 1 aliphatic heterocycles. The normalized spacial score (nSPS) is 18.7. The largest absolute Gasteiger partial charge is 0.378 e. The molecular weight excluding hydrogens is 246 g/mol. The Morgan fingerprint density at radius 3 is 2.84 bits per heavy atom. The summed E-state index contributed by atoms with van der Waals surface area (Å²) in [6.45, 7) is 1.60. The summed E-state index contributed by atoms with van der Waals surface area (Å²) in [6, 6.07) is 6.51. The monoisotopic (exact) mass is 263 g/mol. The predicted molar refractivity (Wildman–Crippen MR) is 71.1 cm³/mol. The molecule has 2 rings (SSSR count). The second-order valence-electron chi connectivity index (χ2n) is 4.20. The molecule has 0 saturated carbocycles. The lowest BCUT2D eigenvalue weighted by Crippen LogP contribution is -2.49. The number of hydrogen-bond donors (Lipinski definition) is 3. The van der Waals surface area contributed by atoms with Crippen molar-refractivity contribution in [3.8, 4) is 0 Å². The second kappa shape index (κ2) is 6.31. The van der Waals surface area contributed by atoms with Gasteiger partial charge < -0.3 is 20.7 Å². The maximum absolute atomic E-state index is 12.0. The Kier molecular flexibility index (Phi) is 4.48. The molecule has 1 unspecified atom stereocenters. The number of rotatable bonds is 3. The maximum Gasteiger partial charge on any atom is 0.253 e. The van der Waals surface area contributed by atoms with Gasteiger partial charge in [0, 0.05) is 13.6 Å². The molecule has 102 valence electrons. The molecule has 2 amide bonds. The molecule has 0 aliphatic carbocycles. The SMILES string of the molecule is CNC(=O)c1ccccc1NC(=O)C1COCCN1. The Hall–Kier alpha value is -1.92. The Balaban J connectivity index is 2.09. The van der Waals surface area contributed by atoms with Gasteiger partial charge in [-0.25, -0.2) is 0 Å². The molecule has 1 saturated heterocycles. The topological polar surface area (TPSA) is 79.5 Å². The number of benzene rings is 1. The van der Waals surface area contributed by atoms with Gasteiger partial charge in [0.1, 0.15) is 6.04 Å². The summed E-state index contributed by atoms with van der Waals surface area (Å²) < 4.78 is 5.24. The zero-order valence-electron chi connectivity index (χ0n) is 10.7. The van der Waals surface area contributed by atoms with Crippen LogP contribution in [0.15, 0.2) is 24.3 Å². The van der Waals surface area contributed by atoms with E-state index in [4.69, 9.17) is 4.74 Å². The molecule has 0 spiro atoms. The van der Waals surface area contributed by atoms with E-state index in [0.29, 0.717) is 31.0 Å². The highest BCUT2D eigenvalue weighted by molar-refractivity contribution is 6.04. The maximum atomic E-state index is 12.0. The first-order chi connectivity index (χ1) is 9.22. The minimum absolute atomic E-state index is 0.198. The van der Waals surface area contributed by atoms with E-state index in [1.165, 1.54) is 0 Å². The third-order valence-electron chi connectivity index (χ3n) is 2.89. The number of carbonyl (C=O) groups is 2. The summed E-state index contributed by atoms with van der Waals surface area (Å²) >= 11 is 0. The summed E-state index contributed by atoms with van der Waals surface area (Å²) in [5.74, 6) is -0.431. The van der Waals surface area contributed by atoms with Crippen molar-refractivity contribution in [3.63, 3.8) is 0 Å². The summed E-state index contributed by atoms with van der Waals surface area (Å²) in [5.41, 5.74) is 0.939. The lowest BCUT2D eigenvalue weighted by molar-refractivity contribution is -0.120. The van der Waals surface area contributed by atoms with Gasteiger partial charge in [-0.15, -0.1) is 0 Å². The van der Waals surface area contributed by atoms with Crippen molar-refractivity contribution in [1.29, 1.82) is 0 Å². The Bertz CT molecular complexity index is 470. The smallest absolute Gasteiger partial charge is 0.253 e. The van der Waals surface area contributed by atoms with Crippen LogP contribution in [0.1, 0.15) is 10.4 Å². The van der Waals surface area contributed by atoms with Gasteiger partial charge in [0.15, 0.2) is 0 Å². The minimum atomic E-state index is -0.383. The van der Waals surface area contributed by atoms with Gasteiger partial charge in [-0.1, -0.05) is 12.1 Å². The van der Waals surface area contributed by atoms with Crippen LogP contribution in [0.2, 0.25) is 0 Å². The van der Waals surface area contributed by atoms with Crippen LogP contribution in [-0.4, -0.2) is 44.7 Å². The van der Waals surface area contributed by atoms with E-state index in [9.17, 15) is 9.59 Å². The first kappa shape index (κ1) is 13.5. The average Bonchev–Trinajstić information content (AvgIpc) is 2.48. The molecule has 1 aliphatic rings. The number of para-hydroxylation sites is 1. The van der Waals surface area contributed by atoms with Crippen LogP contribution >= 0.6 is 0 Å². The Morgan fingerprint density at radius 2 is 2.16 bits per heavy atom. The fraction of sp³-hybridized carbons (Fsp3) is 0.385. The number of hydrogen-bond acceptors (Lipinski definition) is 4. The van der Waals surface area contributed by atoms with E-state index in [1.54, 1.807) is 31.3 Å². The first-order valence-corrected chi connectivity index (χ1v) is 6.15. The van der Waals surface area contributed by atoms with Gasteiger partial charge in [-0.2, -0.15) is 0 Å². The average molecular weight is 263 g/mol. The van der Waals surface area contributed by atoms with Crippen molar-refractivity contribution in [1.82, 2.24) is 10.6 Å². The third kappa shape index (κ3) is 3.30. The lowest BCUT2D eigenvalue weighted by Gasteiger charge is -2.23. The van der Waals surface area contributed by atoms with E-state index in [-0.39, 0.29) is 17.9 Å². The van der Waals surface area contributed by atoms with Crippen molar-refractivity contribution in [2.45, 2.75) is 6.04 Å². The molecule has 1 atom stereocenters. The van der Waals surface area contributed by atoms with Gasteiger partial charge in [-0.05, 0) is 12.1 Å². The molecule has 0 bridgehead atoms. The van der Waals surface area contributed by atoms with Crippen molar-refractivity contribution in [2.75, 3.05) is 32.1 Å². The van der Waals surface area contributed by atoms with E-state index >= 15 is 0 Å². The molecule has 1 aromatic rings. The molecule has 6 heteroatoms. The Labute approximate surface area is 111 Å². The summed E-state index contributed by atoms with van der Waals surface area (Å²) in [6.07, 6.45) is 0. The van der Waals surface area contributed by atoms with Gasteiger partial charge in [-0.3, -0.25) is 9.59 Å². The van der Waals surface area contributed by atoms with Gasteiger partial charge in [0.25, 0.3) is 5.91 Å². The zero-order chi connectivity index (χ0) is 13.7. The predicted octanol–water partition coefficient (Wildman–Crippen LogP) is -0.0269. The highest BCUT2D eigenvalue weighted by Gasteiger charge is 2.22. The first-order valence-electron chi connectivity index (χ1n) is 6.15. The van der Waals surface area contributed by atoms with E-state index in [1.807, 2.05) is 0 Å². The highest BCUT2D eigenvalue weighted by atomic mass is 16.5.